The van der Waals surface area contributed by atoms with E-state index in [9.17, 15) is 0 Å². The molecule has 0 unspecified atom stereocenters. The number of hydrogen-bond donors (Lipinski definition) is 0. The fourth-order valence-electron chi connectivity index (χ4n) is 2.93. The molecule has 3 rings (SSSR count). The zero-order valence-electron chi connectivity index (χ0n) is 12.7. The van der Waals surface area contributed by atoms with E-state index in [-0.39, 0.29) is 5.79 Å². The third-order valence-electron chi connectivity index (χ3n) is 4.09. The predicted octanol–water partition coefficient (Wildman–Crippen LogP) is 1.92. The highest BCUT2D eigenvalue weighted by atomic mass is 16.7. The number of hydrazone groups is 1. The van der Waals surface area contributed by atoms with Crippen LogP contribution in [0, 0.1) is 0 Å². The van der Waals surface area contributed by atoms with Gasteiger partial charge in [-0.05, 0) is 19.4 Å². The number of hydrogen-bond acceptors (Lipinski definition) is 6. The summed E-state index contributed by atoms with van der Waals surface area (Å²) in [6.07, 6.45) is 5.65. The molecule has 0 aromatic heterocycles. The molecule has 0 aliphatic carbocycles. The first-order valence-corrected chi connectivity index (χ1v) is 7.36. The third-order valence-corrected chi connectivity index (χ3v) is 4.09. The average Bonchev–Trinajstić information content (AvgIpc) is 2.95. The topological polar surface area (TPSA) is 49.7 Å². The van der Waals surface area contributed by atoms with Gasteiger partial charge in [0.15, 0.2) is 11.6 Å². The summed E-state index contributed by atoms with van der Waals surface area (Å²) in [5.74, 6) is 0.495. The Morgan fingerprint density at radius 2 is 1.95 bits per heavy atom. The molecule has 2 fully saturated rings. The molecule has 6 nitrogen and oxygen atoms in total. The van der Waals surface area contributed by atoms with Crippen molar-refractivity contribution in [2.45, 2.75) is 32.5 Å². The van der Waals surface area contributed by atoms with Crippen LogP contribution in [0.2, 0.25) is 0 Å². The third kappa shape index (κ3) is 2.73. The van der Waals surface area contributed by atoms with Gasteiger partial charge in [0.1, 0.15) is 0 Å². The largest absolute Gasteiger partial charge is 0.369 e. The van der Waals surface area contributed by atoms with Gasteiger partial charge in [-0.25, -0.2) is 10.0 Å². The fourth-order valence-corrected chi connectivity index (χ4v) is 2.93. The molecule has 3 aliphatic heterocycles. The Labute approximate surface area is 125 Å². The minimum Gasteiger partial charge on any atom is -0.369 e. The van der Waals surface area contributed by atoms with Crippen LogP contribution in [0.1, 0.15) is 26.7 Å². The minimum atomic E-state index is -0.343. The highest BCUT2D eigenvalue weighted by Crippen LogP contribution is 2.33. The molecule has 0 bridgehead atoms. The van der Waals surface area contributed by atoms with Gasteiger partial charge >= 0.3 is 0 Å². The second-order valence-electron chi connectivity index (χ2n) is 5.72. The van der Waals surface area contributed by atoms with Crippen molar-refractivity contribution in [1.82, 2.24) is 9.91 Å². The van der Waals surface area contributed by atoms with Crippen LogP contribution < -0.4 is 0 Å². The Hall–Kier alpha value is -1.66. The molecule has 0 amide bonds. The maximum absolute atomic E-state index is 5.76. The lowest BCUT2D eigenvalue weighted by Crippen LogP contribution is -2.45. The van der Waals surface area contributed by atoms with Crippen LogP contribution >= 0.6 is 0 Å². The van der Waals surface area contributed by atoms with E-state index in [0.29, 0.717) is 13.2 Å². The Morgan fingerprint density at radius 1 is 1.29 bits per heavy atom. The van der Waals surface area contributed by atoms with Crippen LogP contribution in [-0.2, 0) is 9.47 Å². The standard InChI is InChI=1S/C15H22N4O2/c1-12(2)14-17-10-13(11-19(14)16-3)18-6-4-15(5-7-18)20-8-9-21-15/h10-11H,3-9H2,1-2H3. The van der Waals surface area contributed by atoms with Gasteiger partial charge < -0.3 is 14.4 Å². The van der Waals surface area contributed by atoms with Crippen LogP contribution in [-0.4, -0.2) is 54.9 Å². The van der Waals surface area contributed by atoms with Crippen molar-refractivity contribution in [3.8, 4) is 0 Å². The summed E-state index contributed by atoms with van der Waals surface area (Å²) in [4.78, 5) is 6.79. The second kappa shape index (κ2) is 5.61. The molecule has 0 radical (unpaired) electrons. The maximum atomic E-state index is 5.76. The molecule has 1 spiro atoms. The Bertz CT molecular complexity index is 504. The molecule has 0 atom stereocenters. The van der Waals surface area contributed by atoms with Crippen molar-refractivity contribution in [3.63, 3.8) is 0 Å². The van der Waals surface area contributed by atoms with Crippen molar-refractivity contribution in [1.29, 1.82) is 0 Å². The average molecular weight is 290 g/mol. The summed E-state index contributed by atoms with van der Waals surface area (Å²) in [5, 5.41) is 5.76. The first kappa shape index (κ1) is 14.3. The number of piperidine rings is 1. The van der Waals surface area contributed by atoms with Gasteiger partial charge in [-0.1, -0.05) is 0 Å². The molecular formula is C15H22N4O2. The lowest BCUT2D eigenvalue weighted by molar-refractivity contribution is -0.182. The molecule has 0 aromatic rings. The van der Waals surface area contributed by atoms with Crippen LogP contribution in [0.5, 0.6) is 0 Å². The van der Waals surface area contributed by atoms with E-state index in [2.05, 4.69) is 21.7 Å². The normalized spacial score (nSPS) is 24.5. The Morgan fingerprint density at radius 3 is 2.52 bits per heavy atom. The number of allylic oxidation sites excluding steroid dienone is 2. The lowest BCUT2D eigenvalue weighted by Gasteiger charge is -2.39. The molecular weight excluding hydrogens is 268 g/mol. The quantitative estimate of drug-likeness (QED) is 0.729. The summed E-state index contributed by atoms with van der Waals surface area (Å²) in [7, 11) is 0. The molecule has 2 saturated heterocycles. The summed E-state index contributed by atoms with van der Waals surface area (Å²) in [6, 6.07) is 0. The number of rotatable bonds is 2. The summed E-state index contributed by atoms with van der Waals surface area (Å²) in [5.41, 5.74) is 2.17. The molecule has 0 aromatic carbocycles. The monoisotopic (exact) mass is 290 g/mol. The van der Waals surface area contributed by atoms with Gasteiger partial charge in [-0.3, -0.25) is 0 Å². The summed E-state index contributed by atoms with van der Waals surface area (Å²) >= 11 is 0. The van der Waals surface area contributed by atoms with Crippen LogP contribution in [0.3, 0.4) is 0 Å². The van der Waals surface area contributed by atoms with E-state index in [1.54, 1.807) is 5.01 Å². The van der Waals surface area contributed by atoms with Crippen molar-refractivity contribution in [2.24, 2.45) is 10.1 Å². The molecule has 0 saturated carbocycles. The zero-order chi connectivity index (χ0) is 14.9. The van der Waals surface area contributed by atoms with E-state index in [1.165, 1.54) is 0 Å². The number of aliphatic imine (C=N–C) groups is 1. The van der Waals surface area contributed by atoms with Crippen molar-refractivity contribution < 1.29 is 9.47 Å². The first-order chi connectivity index (χ1) is 10.1. The number of ether oxygens (including phenoxy) is 2. The zero-order valence-corrected chi connectivity index (χ0v) is 12.7. The summed E-state index contributed by atoms with van der Waals surface area (Å²) < 4.78 is 11.5. The van der Waals surface area contributed by atoms with Gasteiger partial charge in [0.05, 0.1) is 31.3 Å². The van der Waals surface area contributed by atoms with Gasteiger partial charge in [-0.15, -0.1) is 0 Å². The molecule has 3 aliphatic rings. The van der Waals surface area contributed by atoms with Crippen molar-refractivity contribution in [3.05, 3.63) is 23.3 Å². The van der Waals surface area contributed by atoms with E-state index in [1.807, 2.05) is 26.3 Å². The molecule has 21 heavy (non-hydrogen) atoms. The van der Waals surface area contributed by atoms with Gasteiger partial charge in [0, 0.05) is 32.6 Å². The molecule has 0 N–H and O–H groups in total. The maximum Gasteiger partial charge on any atom is 0.171 e. The Balaban J connectivity index is 1.70. The molecule has 114 valence electrons. The predicted molar refractivity (Wildman–Crippen MR) is 81.8 cm³/mol. The van der Waals surface area contributed by atoms with Crippen molar-refractivity contribution >= 4 is 12.9 Å². The summed E-state index contributed by atoms with van der Waals surface area (Å²) in [6.45, 7) is 10.9. The van der Waals surface area contributed by atoms with Crippen LogP contribution in [0.25, 0.3) is 0 Å². The smallest absolute Gasteiger partial charge is 0.171 e. The first-order valence-electron chi connectivity index (χ1n) is 7.36. The number of likely N-dealkylation sites (tertiary alicyclic amines) is 1. The van der Waals surface area contributed by atoms with E-state index < -0.39 is 0 Å². The SMILES string of the molecule is C=NN1C=C(N2CCC3(CC2)OCCO3)C=NC1=C(C)C. The highest BCUT2D eigenvalue weighted by Gasteiger charge is 2.40. The van der Waals surface area contributed by atoms with E-state index in [4.69, 9.17) is 9.47 Å². The van der Waals surface area contributed by atoms with Crippen LogP contribution in [0.15, 0.2) is 33.4 Å². The molecule has 6 heteroatoms. The van der Waals surface area contributed by atoms with Gasteiger partial charge in [0.2, 0.25) is 0 Å². The van der Waals surface area contributed by atoms with Gasteiger partial charge in [0.25, 0.3) is 0 Å². The fraction of sp³-hybridized carbons (Fsp3) is 0.600. The van der Waals surface area contributed by atoms with Gasteiger partial charge in [-0.2, -0.15) is 5.10 Å². The Kier molecular flexibility index (Phi) is 3.82. The van der Waals surface area contributed by atoms with Crippen molar-refractivity contribution in [2.75, 3.05) is 26.3 Å². The highest BCUT2D eigenvalue weighted by molar-refractivity contribution is 5.79. The second-order valence-corrected chi connectivity index (χ2v) is 5.72. The minimum absolute atomic E-state index is 0.343. The molecule has 3 heterocycles. The number of nitrogens with zero attached hydrogens (tertiary/aromatic N) is 4. The van der Waals surface area contributed by atoms with E-state index >= 15 is 0 Å². The van der Waals surface area contributed by atoms with Crippen LogP contribution in [0.4, 0.5) is 0 Å². The van der Waals surface area contributed by atoms with E-state index in [0.717, 1.165) is 43.0 Å². The lowest BCUT2D eigenvalue weighted by atomic mass is 10.0.